The number of benzene rings is 1. The summed E-state index contributed by atoms with van der Waals surface area (Å²) >= 11 is 0. The van der Waals surface area contributed by atoms with Gasteiger partial charge in [-0.25, -0.2) is 0 Å². The van der Waals surface area contributed by atoms with Gasteiger partial charge in [0.15, 0.2) is 0 Å². The number of rotatable bonds is 6. The Labute approximate surface area is 146 Å². The van der Waals surface area contributed by atoms with E-state index in [9.17, 15) is 14.7 Å². The summed E-state index contributed by atoms with van der Waals surface area (Å²) < 4.78 is 5.82. The molecule has 7 heteroatoms. The first-order valence-electron chi connectivity index (χ1n) is 7.90. The molecule has 1 aromatic heterocycles. The zero-order valence-electron chi connectivity index (χ0n) is 14.4. The average molecular weight is 343 g/mol. The van der Waals surface area contributed by atoms with Crippen molar-refractivity contribution in [2.75, 3.05) is 12.4 Å². The fourth-order valence-corrected chi connectivity index (χ4v) is 2.05. The Morgan fingerprint density at radius 1 is 1.28 bits per heavy atom. The predicted octanol–water partition coefficient (Wildman–Crippen LogP) is 2.25. The Morgan fingerprint density at radius 2 is 2.04 bits per heavy atom. The number of anilines is 1. The second-order valence-electron chi connectivity index (χ2n) is 5.45. The number of aliphatic hydroxyl groups is 1. The molecule has 0 spiro atoms. The molecule has 132 valence electrons. The number of carbonyl (C=O) groups excluding carboxylic acids is 2. The van der Waals surface area contributed by atoms with Gasteiger partial charge in [-0.3, -0.25) is 14.6 Å². The minimum Gasteiger partial charge on any atom is -0.457 e. The van der Waals surface area contributed by atoms with Gasteiger partial charge in [0.1, 0.15) is 23.3 Å². The van der Waals surface area contributed by atoms with Crippen LogP contribution < -0.4 is 15.4 Å². The molecule has 1 heterocycles. The third kappa shape index (κ3) is 4.77. The van der Waals surface area contributed by atoms with Crippen molar-refractivity contribution in [1.82, 2.24) is 10.3 Å². The topological polar surface area (TPSA) is 101 Å². The number of ether oxygens (including phenoxy) is 1. The maximum absolute atomic E-state index is 11.8. The minimum absolute atomic E-state index is 0.244. The molecule has 0 radical (unpaired) electrons. The smallest absolute Gasteiger partial charge is 0.269 e. The Kier molecular flexibility index (Phi) is 6.08. The number of hydrogen-bond donors (Lipinski definition) is 3. The molecule has 1 atom stereocenters. The molecule has 0 aliphatic carbocycles. The highest BCUT2D eigenvalue weighted by Gasteiger charge is 2.14. The van der Waals surface area contributed by atoms with Crippen molar-refractivity contribution in [1.29, 1.82) is 0 Å². The number of nitrogens with one attached hydrogen (secondary N) is 2. The summed E-state index contributed by atoms with van der Waals surface area (Å²) in [7, 11) is 1.53. The molecule has 2 aromatic rings. The Hall–Kier alpha value is -2.93. The molecule has 2 amide bonds. The summed E-state index contributed by atoms with van der Waals surface area (Å²) in [6.45, 7) is 3.59. The van der Waals surface area contributed by atoms with Crippen LogP contribution in [0.5, 0.6) is 11.5 Å². The molecule has 0 unspecified atom stereocenters. The van der Waals surface area contributed by atoms with Crippen LogP contribution in [0.3, 0.4) is 0 Å². The first-order chi connectivity index (χ1) is 11.9. The van der Waals surface area contributed by atoms with Gasteiger partial charge in [-0.1, -0.05) is 13.0 Å². The van der Waals surface area contributed by atoms with Crippen LogP contribution >= 0.6 is 0 Å². The summed E-state index contributed by atoms with van der Waals surface area (Å²) in [5.41, 5.74) is 1.61. The highest BCUT2D eigenvalue weighted by atomic mass is 16.5. The second kappa shape index (κ2) is 8.25. The number of aryl methyl sites for hydroxylation is 1. The lowest BCUT2D eigenvalue weighted by molar-refractivity contribution is -0.124. The van der Waals surface area contributed by atoms with Crippen LogP contribution in [0.4, 0.5) is 5.69 Å². The molecular weight excluding hydrogens is 322 g/mol. The summed E-state index contributed by atoms with van der Waals surface area (Å²) in [5.74, 6) is 0.200. The fraction of sp³-hybridized carbons (Fsp3) is 0.278. The summed E-state index contributed by atoms with van der Waals surface area (Å²) in [6.07, 6.45) is 0.764. The van der Waals surface area contributed by atoms with Gasteiger partial charge in [-0.05, 0) is 31.0 Å². The second-order valence-corrected chi connectivity index (χ2v) is 5.45. The standard InChI is InChI=1S/C18H21N3O4/c1-4-15(22)18(24)21-12-6-5-11(2)16(9-12)25-13-7-8-20-14(10-13)17(23)19-3/h5-10,15,22H,4H2,1-3H3,(H,19,23)(H,21,24)/t15-/m1/s1. The number of nitrogens with zero attached hydrogens (tertiary/aromatic N) is 1. The predicted molar refractivity (Wildman–Crippen MR) is 93.8 cm³/mol. The monoisotopic (exact) mass is 343 g/mol. The van der Waals surface area contributed by atoms with Crippen molar-refractivity contribution >= 4 is 17.5 Å². The summed E-state index contributed by atoms with van der Waals surface area (Å²) in [6, 6.07) is 8.35. The van der Waals surface area contributed by atoms with Gasteiger partial charge in [0.25, 0.3) is 11.8 Å². The van der Waals surface area contributed by atoms with Gasteiger partial charge in [0.05, 0.1) is 0 Å². The van der Waals surface area contributed by atoms with E-state index in [4.69, 9.17) is 4.74 Å². The van der Waals surface area contributed by atoms with E-state index in [2.05, 4.69) is 15.6 Å². The van der Waals surface area contributed by atoms with Crippen LogP contribution in [0.1, 0.15) is 29.4 Å². The quantitative estimate of drug-likeness (QED) is 0.747. The first-order valence-corrected chi connectivity index (χ1v) is 7.90. The molecule has 1 aromatic carbocycles. The Bertz CT molecular complexity index is 777. The van der Waals surface area contributed by atoms with Crippen LogP contribution in [0, 0.1) is 6.92 Å². The van der Waals surface area contributed by atoms with Crippen LogP contribution in [-0.4, -0.2) is 35.1 Å². The minimum atomic E-state index is -1.05. The Balaban J connectivity index is 2.21. The average Bonchev–Trinajstić information content (AvgIpc) is 2.63. The zero-order chi connectivity index (χ0) is 18.4. The molecule has 0 bridgehead atoms. The van der Waals surface area contributed by atoms with Crippen molar-refractivity contribution in [3.05, 3.63) is 47.8 Å². The van der Waals surface area contributed by atoms with Gasteiger partial charge in [-0.15, -0.1) is 0 Å². The van der Waals surface area contributed by atoms with E-state index < -0.39 is 12.0 Å². The number of hydrogen-bond acceptors (Lipinski definition) is 5. The van der Waals surface area contributed by atoms with E-state index in [1.165, 1.54) is 19.3 Å². The number of aromatic nitrogens is 1. The zero-order valence-corrected chi connectivity index (χ0v) is 14.4. The van der Waals surface area contributed by atoms with E-state index in [1.54, 1.807) is 31.2 Å². The lowest BCUT2D eigenvalue weighted by Gasteiger charge is -2.13. The van der Waals surface area contributed by atoms with Crippen molar-refractivity contribution < 1.29 is 19.4 Å². The van der Waals surface area contributed by atoms with E-state index >= 15 is 0 Å². The van der Waals surface area contributed by atoms with E-state index in [0.29, 0.717) is 23.6 Å². The maximum Gasteiger partial charge on any atom is 0.269 e. The maximum atomic E-state index is 11.8. The van der Waals surface area contributed by atoms with Crippen LogP contribution in [0.25, 0.3) is 0 Å². The van der Waals surface area contributed by atoms with E-state index in [0.717, 1.165) is 5.56 Å². The molecule has 2 rings (SSSR count). The number of amides is 2. The molecule has 0 saturated heterocycles. The largest absolute Gasteiger partial charge is 0.457 e. The number of aliphatic hydroxyl groups excluding tert-OH is 1. The van der Waals surface area contributed by atoms with Crippen molar-refractivity contribution in [3.8, 4) is 11.5 Å². The Morgan fingerprint density at radius 3 is 2.72 bits per heavy atom. The molecule has 0 fully saturated rings. The molecular formula is C18H21N3O4. The lowest BCUT2D eigenvalue weighted by atomic mass is 10.2. The lowest BCUT2D eigenvalue weighted by Crippen LogP contribution is -2.26. The third-order valence-corrected chi connectivity index (χ3v) is 3.56. The third-order valence-electron chi connectivity index (χ3n) is 3.56. The molecule has 0 saturated carbocycles. The van der Waals surface area contributed by atoms with Crippen molar-refractivity contribution in [2.24, 2.45) is 0 Å². The van der Waals surface area contributed by atoms with Crippen LogP contribution in [-0.2, 0) is 4.79 Å². The van der Waals surface area contributed by atoms with Crippen molar-refractivity contribution in [2.45, 2.75) is 26.4 Å². The van der Waals surface area contributed by atoms with E-state index in [1.807, 2.05) is 6.92 Å². The highest BCUT2D eigenvalue weighted by molar-refractivity contribution is 5.94. The van der Waals surface area contributed by atoms with Gasteiger partial charge >= 0.3 is 0 Å². The normalized spacial score (nSPS) is 11.5. The van der Waals surface area contributed by atoms with E-state index in [-0.39, 0.29) is 11.6 Å². The van der Waals surface area contributed by atoms with Crippen LogP contribution in [0.2, 0.25) is 0 Å². The summed E-state index contributed by atoms with van der Waals surface area (Å²) in [4.78, 5) is 27.4. The van der Waals surface area contributed by atoms with Gasteiger partial charge in [0, 0.05) is 31.1 Å². The molecule has 3 N–H and O–H groups in total. The van der Waals surface area contributed by atoms with Crippen molar-refractivity contribution in [3.63, 3.8) is 0 Å². The molecule has 0 aliphatic rings. The number of pyridine rings is 1. The fourth-order valence-electron chi connectivity index (χ4n) is 2.05. The number of carbonyl (C=O) groups is 2. The SMILES string of the molecule is CC[C@@H](O)C(=O)Nc1ccc(C)c(Oc2ccnc(C(=O)NC)c2)c1. The molecule has 7 nitrogen and oxygen atoms in total. The van der Waals surface area contributed by atoms with Gasteiger partial charge < -0.3 is 20.5 Å². The highest BCUT2D eigenvalue weighted by Crippen LogP contribution is 2.28. The molecule has 25 heavy (non-hydrogen) atoms. The van der Waals surface area contributed by atoms with Gasteiger partial charge in [0.2, 0.25) is 0 Å². The van der Waals surface area contributed by atoms with Crippen LogP contribution in [0.15, 0.2) is 36.5 Å². The first kappa shape index (κ1) is 18.4. The van der Waals surface area contributed by atoms with Gasteiger partial charge in [-0.2, -0.15) is 0 Å². The summed E-state index contributed by atoms with van der Waals surface area (Å²) in [5, 5.41) is 14.7. The molecule has 0 aliphatic heterocycles.